The molecule has 0 radical (unpaired) electrons. The van der Waals surface area contributed by atoms with Gasteiger partial charge in [0.25, 0.3) is 0 Å². The van der Waals surface area contributed by atoms with Gasteiger partial charge in [-0.15, -0.1) is 0 Å². The molecule has 0 spiro atoms. The standard InChI is InChI=1S/C45H44F4N2O4/c1-6-8-16-30(7-2)25-51-38-22-21-31(41(50-55-29(5)52)34-19-11-12-20-39(34)54-26-45(48,49)44(46)47)23-35(38)36-24-37(32-17-9-10-18-33(32)42(36)51)43(53)40-27(3)14-13-15-28(40)4/h9-15,17-24,30,44H,6-8,16,25-26H2,1-5H3. The normalized spacial score (nSPS) is 12.9. The largest absolute Gasteiger partial charge is 0.486 e. The fourth-order valence-corrected chi connectivity index (χ4v) is 7.36. The Morgan fingerprint density at radius 1 is 0.818 bits per heavy atom. The van der Waals surface area contributed by atoms with Gasteiger partial charge in [0.1, 0.15) is 11.5 Å². The van der Waals surface area contributed by atoms with Gasteiger partial charge in [0, 0.05) is 57.4 Å². The van der Waals surface area contributed by atoms with Crippen LogP contribution in [-0.4, -0.2) is 41.0 Å². The summed E-state index contributed by atoms with van der Waals surface area (Å²) in [6.45, 7) is 8.57. The van der Waals surface area contributed by atoms with Gasteiger partial charge in [0.05, 0.1) is 5.52 Å². The van der Waals surface area contributed by atoms with E-state index in [9.17, 15) is 27.2 Å². The number of ketones is 1. The van der Waals surface area contributed by atoms with Crippen LogP contribution in [0.2, 0.25) is 0 Å². The monoisotopic (exact) mass is 752 g/mol. The molecule has 0 saturated carbocycles. The molecule has 6 nitrogen and oxygen atoms in total. The molecule has 0 N–H and O–H groups in total. The molecule has 0 aliphatic rings. The molecule has 1 atom stereocenters. The Balaban J connectivity index is 1.63. The number of fused-ring (bicyclic) bond motifs is 5. The van der Waals surface area contributed by atoms with Crippen molar-refractivity contribution in [2.75, 3.05) is 6.61 Å². The van der Waals surface area contributed by atoms with E-state index in [0.717, 1.165) is 75.9 Å². The Hall–Kier alpha value is -5.51. The van der Waals surface area contributed by atoms with Crippen molar-refractivity contribution in [3.8, 4) is 5.75 Å². The minimum Gasteiger partial charge on any atom is -0.486 e. The molecule has 0 aliphatic heterocycles. The van der Waals surface area contributed by atoms with Crippen LogP contribution in [0.4, 0.5) is 17.6 Å². The number of aryl methyl sites for hydroxylation is 2. The maximum Gasteiger partial charge on any atom is 0.340 e. The number of hydrogen-bond donors (Lipinski definition) is 0. The molecule has 286 valence electrons. The topological polar surface area (TPSA) is 69.9 Å². The lowest BCUT2D eigenvalue weighted by Gasteiger charge is -2.19. The maximum absolute atomic E-state index is 14.6. The van der Waals surface area contributed by atoms with Crippen molar-refractivity contribution in [3.05, 3.63) is 124 Å². The molecular weight excluding hydrogens is 708 g/mol. The van der Waals surface area contributed by atoms with E-state index in [0.29, 0.717) is 22.6 Å². The van der Waals surface area contributed by atoms with Crippen molar-refractivity contribution < 1.29 is 36.7 Å². The number of ether oxygens (including phenoxy) is 1. The summed E-state index contributed by atoms with van der Waals surface area (Å²) in [7, 11) is 0. The van der Waals surface area contributed by atoms with Crippen LogP contribution in [0.5, 0.6) is 5.75 Å². The Kier molecular flexibility index (Phi) is 11.7. The van der Waals surface area contributed by atoms with Gasteiger partial charge in [-0.1, -0.05) is 98.9 Å². The van der Waals surface area contributed by atoms with Crippen LogP contribution < -0.4 is 4.74 Å². The fraction of sp³-hybridized carbons (Fsp3) is 0.311. The average molecular weight is 753 g/mol. The van der Waals surface area contributed by atoms with E-state index in [1.807, 2.05) is 74.5 Å². The van der Waals surface area contributed by atoms with Crippen LogP contribution in [0.15, 0.2) is 96.2 Å². The summed E-state index contributed by atoms with van der Waals surface area (Å²) in [5.74, 6) is -4.99. The number of carbonyl (C=O) groups excluding carboxylic acids is 2. The number of alkyl halides is 4. The van der Waals surface area contributed by atoms with Crippen molar-refractivity contribution in [1.29, 1.82) is 0 Å². The molecule has 0 aliphatic carbocycles. The van der Waals surface area contributed by atoms with Crippen LogP contribution in [-0.2, 0) is 16.2 Å². The third-order valence-electron chi connectivity index (χ3n) is 10.2. The van der Waals surface area contributed by atoms with Gasteiger partial charge >= 0.3 is 18.3 Å². The van der Waals surface area contributed by atoms with Gasteiger partial charge in [-0.05, 0) is 73.0 Å². The predicted molar refractivity (Wildman–Crippen MR) is 210 cm³/mol. The summed E-state index contributed by atoms with van der Waals surface area (Å²) in [5.41, 5.74) is 5.48. The first-order chi connectivity index (χ1) is 26.4. The molecule has 1 unspecified atom stereocenters. The molecule has 6 aromatic rings. The zero-order chi connectivity index (χ0) is 39.4. The van der Waals surface area contributed by atoms with E-state index >= 15 is 0 Å². The highest BCUT2D eigenvalue weighted by Crippen LogP contribution is 2.39. The lowest BCUT2D eigenvalue weighted by Crippen LogP contribution is -2.34. The van der Waals surface area contributed by atoms with E-state index in [1.54, 1.807) is 12.1 Å². The van der Waals surface area contributed by atoms with Gasteiger partial charge in [0.15, 0.2) is 12.4 Å². The molecule has 1 aromatic heterocycles. The summed E-state index contributed by atoms with van der Waals surface area (Å²) < 4.78 is 61.7. The van der Waals surface area contributed by atoms with Gasteiger partial charge in [-0.2, -0.15) is 8.78 Å². The van der Waals surface area contributed by atoms with Crippen LogP contribution in [0, 0.1) is 19.8 Å². The highest BCUT2D eigenvalue weighted by Gasteiger charge is 2.42. The smallest absolute Gasteiger partial charge is 0.340 e. The van der Waals surface area contributed by atoms with E-state index in [1.165, 1.54) is 25.1 Å². The highest BCUT2D eigenvalue weighted by atomic mass is 19.3. The second kappa shape index (κ2) is 16.5. The number of para-hydroxylation sites is 1. The van der Waals surface area contributed by atoms with Crippen molar-refractivity contribution in [1.82, 2.24) is 4.57 Å². The number of halogens is 4. The molecule has 0 fully saturated rings. The first kappa shape index (κ1) is 39.2. The molecule has 10 heteroatoms. The summed E-state index contributed by atoms with van der Waals surface area (Å²) in [4.78, 5) is 31.7. The van der Waals surface area contributed by atoms with E-state index < -0.39 is 24.9 Å². The zero-order valence-corrected chi connectivity index (χ0v) is 31.6. The van der Waals surface area contributed by atoms with E-state index in [4.69, 9.17) is 9.57 Å². The second-order valence-electron chi connectivity index (χ2n) is 14.1. The lowest BCUT2D eigenvalue weighted by molar-refractivity contribution is -0.148. The van der Waals surface area contributed by atoms with Crippen molar-refractivity contribution in [2.45, 2.75) is 79.2 Å². The number of unbranched alkanes of at least 4 members (excludes halogenated alkanes) is 1. The summed E-state index contributed by atoms with van der Waals surface area (Å²) in [6, 6.07) is 27.3. The number of rotatable bonds is 15. The number of nitrogens with zero attached hydrogens (tertiary/aromatic N) is 2. The number of aromatic nitrogens is 1. The zero-order valence-electron chi connectivity index (χ0n) is 31.6. The third-order valence-corrected chi connectivity index (χ3v) is 10.2. The molecule has 0 bridgehead atoms. The maximum atomic E-state index is 14.6. The Bertz CT molecular complexity index is 2400. The summed E-state index contributed by atoms with van der Waals surface area (Å²) >= 11 is 0. The molecule has 0 amide bonds. The summed E-state index contributed by atoms with van der Waals surface area (Å²) in [6.07, 6.45) is 0.269. The molecule has 6 rings (SSSR count). The van der Waals surface area contributed by atoms with Gasteiger partial charge in [-0.3, -0.25) is 4.79 Å². The highest BCUT2D eigenvalue weighted by molar-refractivity contribution is 6.27. The average Bonchev–Trinajstić information content (AvgIpc) is 3.47. The first-order valence-electron chi connectivity index (χ1n) is 18.6. The molecule has 0 saturated heterocycles. The van der Waals surface area contributed by atoms with E-state index in [2.05, 4.69) is 23.6 Å². The van der Waals surface area contributed by atoms with Gasteiger partial charge < -0.3 is 14.1 Å². The van der Waals surface area contributed by atoms with Crippen molar-refractivity contribution in [3.63, 3.8) is 0 Å². The number of benzene rings is 5. The Morgan fingerprint density at radius 2 is 1.51 bits per heavy atom. The van der Waals surface area contributed by atoms with Gasteiger partial charge in [0.2, 0.25) is 0 Å². The van der Waals surface area contributed by atoms with Crippen LogP contribution in [0.25, 0.3) is 32.6 Å². The van der Waals surface area contributed by atoms with E-state index in [-0.39, 0.29) is 22.8 Å². The summed E-state index contributed by atoms with van der Waals surface area (Å²) in [5, 5.41) is 7.50. The second-order valence-corrected chi connectivity index (χ2v) is 14.1. The van der Waals surface area contributed by atoms with Crippen molar-refractivity contribution >= 4 is 50.0 Å². The first-order valence-corrected chi connectivity index (χ1v) is 18.6. The van der Waals surface area contributed by atoms with Crippen LogP contribution in [0.3, 0.4) is 0 Å². The SMILES string of the molecule is CCCCC(CC)Cn1c2ccc(C(=NOC(C)=O)c3ccccc3OCC(F)(F)C(F)F)cc2c2cc(C(=O)c3c(C)cccc3C)c3ccccc3c21. The number of hydrogen-bond acceptors (Lipinski definition) is 5. The lowest BCUT2D eigenvalue weighted by atomic mass is 9.90. The third kappa shape index (κ3) is 8.00. The Morgan fingerprint density at radius 3 is 2.18 bits per heavy atom. The quantitative estimate of drug-likeness (QED) is 0.0344. The molecule has 1 heterocycles. The molecule has 55 heavy (non-hydrogen) atoms. The number of carbonyl (C=O) groups is 2. The van der Waals surface area contributed by atoms with Gasteiger partial charge in [-0.25, -0.2) is 13.6 Å². The predicted octanol–water partition coefficient (Wildman–Crippen LogP) is 11.6. The minimum atomic E-state index is -4.40. The Labute approximate surface area is 317 Å². The minimum absolute atomic E-state index is 0.0657. The van der Waals surface area contributed by atoms with Crippen LogP contribution >= 0.6 is 0 Å². The van der Waals surface area contributed by atoms with Crippen LogP contribution in [0.1, 0.15) is 84.6 Å². The molecular formula is C45H44F4N2O4. The number of oxime groups is 1. The van der Waals surface area contributed by atoms with Crippen molar-refractivity contribution in [2.24, 2.45) is 11.1 Å². The molecule has 5 aromatic carbocycles. The fourth-order valence-electron chi connectivity index (χ4n) is 7.36.